The van der Waals surface area contributed by atoms with Crippen molar-refractivity contribution in [1.29, 1.82) is 0 Å². The van der Waals surface area contributed by atoms with Crippen molar-refractivity contribution < 1.29 is 0 Å². The Kier molecular flexibility index (Phi) is 2.40. The van der Waals surface area contributed by atoms with E-state index in [1.807, 2.05) is 0 Å². The molecule has 0 amide bonds. The molecule has 0 aromatic heterocycles. The summed E-state index contributed by atoms with van der Waals surface area (Å²) < 4.78 is 0. The first-order chi connectivity index (χ1) is 5.77. The van der Waals surface area contributed by atoms with Gasteiger partial charge in [0.25, 0.3) is 0 Å². The molecule has 0 radical (unpaired) electrons. The molecule has 0 N–H and O–H groups in total. The number of piperidine rings is 2. The lowest BCUT2D eigenvalue weighted by atomic mass is 9.83. The van der Waals surface area contributed by atoms with Gasteiger partial charge in [-0.1, -0.05) is 13.3 Å². The van der Waals surface area contributed by atoms with Crippen LogP contribution in [0.4, 0.5) is 0 Å². The summed E-state index contributed by atoms with van der Waals surface area (Å²) in [5.41, 5.74) is 0. The van der Waals surface area contributed by atoms with Crippen LogP contribution < -0.4 is 0 Å². The fourth-order valence-corrected chi connectivity index (χ4v) is 3.13. The molecule has 2 rings (SSSR count). The largest absolute Gasteiger partial charge is 0.298 e. The summed E-state index contributed by atoms with van der Waals surface area (Å²) in [6.07, 6.45) is 7.27. The van der Waals surface area contributed by atoms with Gasteiger partial charge in [0, 0.05) is 12.1 Å². The fraction of sp³-hybridized carbons (Fsp3) is 1.00. The summed E-state index contributed by atoms with van der Waals surface area (Å²) in [5.74, 6) is 0.972. The molecule has 2 saturated heterocycles. The summed E-state index contributed by atoms with van der Waals surface area (Å²) in [4.78, 5) is 2.75. The Morgan fingerprint density at radius 2 is 1.92 bits per heavy atom. The zero-order valence-corrected chi connectivity index (χ0v) is 8.42. The van der Waals surface area contributed by atoms with Crippen LogP contribution in [0.5, 0.6) is 0 Å². The van der Waals surface area contributed by atoms with Crippen molar-refractivity contribution in [2.45, 2.75) is 58.0 Å². The van der Waals surface area contributed by atoms with Crippen LogP contribution >= 0.6 is 0 Å². The molecule has 0 spiro atoms. The average molecular weight is 167 g/mol. The number of hydrogen-bond donors (Lipinski definition) is 0. The first kappa shape index (κ1) is 8.55. The molecule has 0 saturated carbocycles. The minimum Gasteiger partial charge on any atom is -0.298 e. The van der Waals surface area contributed by atoms with E-state index >= 15 is 0 Å². The molecule has 0 bridgehead atoms. The van der Waals surface area contributed by atoms with E-state index in [-0.39, 0.29) is 0 Å². The zero-order chi connectivity index (χ0) is 8.55. The standard InChI is InChI=1S/C11H21N/c1-9-7-10(2)12-6-4-3-5-11(12)8-9/h9-11H,3-8H2,1-2H3. The van der Waals surface area contributed by atoms with E-state index in [2.05, 4.69) is 18.7 Å². The van der Waals surface area contributed by atoms with Crippen molar-refractivity contribution in [1.82, 2.24) is 4.90 Å². The Balaban J connectivity index is 2.01. The first-order valence-corrected chi connectivity index (χ1v) is 5.53. The SMILES string of the molecule is CC1CC(C)N2CCCCC2C1. The summed E-state index contributed by atoms with van der Waals surface area (Å²) in [6, 6.07) is 1.80. The number of hydrogen-bond acceptors (Lipinski definition) is 1. The molecule has 3 unspecified atom stereocenters. The second-order valence-electron chi connectivity index (χ2n) is 4.81. The molecule has 2 aliphatic rings. The average Bonchev–Trinajstić information content (AvgIpc) is 2.04. The van der Waals surface area contributed by atoms with Crippen LogP contribution in [0.15, 0.2) is 0 Å². The molecule has 2 heterocycles. The van der Waals surface area contributed by atoms with Crippen molar-refractivity contribution in [2.75, 3.05) is 6.54 Å². The van der Waals surface area contributed by atoms with Gasteiger partial charge < -0.3 is 0 Å². The van der Waals surface area contributed by atoms with Crippen molar-refractivity contribution in [2.24, 2.45) is 5.92 Å². The van der Waals surface area contributed by atoms with Crippen molar-refractivity contribution in [3.63, 3.8) is 0 Å². The number of fused-ring (bicyclic) bond motifs is 1. The summed E-state index contributed by atoms with van der Waals surface area (Å²) in [5, 5.41) is 0. The van der Waals surface area contributed by atoms with Gasteiger partial charge in [-0.3, -0.25) is 4.90 Å². The second-order valence-corrected chi connectivity index (χ2v) is 4.81. The highest BCUT2D eigenvalue weighted by Gasteiger charge is 2.32. The molecular weight excluding hydrogens is 146 g/mol. The summed E-state index contributed by atoms with van der Waals surface area (Å²) in [7, 11) is 0. The highest BCUT2D eigenvalue weighted by atomic mass is 15.2. The van der Waals surface area contributed by atoms with Gasteiger partial charge in [-0.15, -0.1) is 0 Å². The van der Waals surface area contributed by atoms with Gasteiger partial charge in [-0.25, -0.2) is 0 Å². The van der Waals surface area contributed by atoms with Gasteiger partial charge in [-0.2, -0.15) is 0 Å². The third-order valence-corrected chi connectivity index (χ3v) is 3.66. The topological polar surface area (TPSA) is 3.24 Å². The van der Waals surface area contributed by atoms with Crippen LogP contribution in [0, 0.1) is 5.92 Å². The molecule has 0 aliphatic carbocycles. The molecular formula is C11H21N. The molecule has 1 nitrogen and oxygen atoms in total. The molecule has 2 fully saturated rings. The number of nitrogens with zero attached hydrogens (tertiary/aromatic N) is 1. The van der Waals surface area contributed by atoms with Crippen molar-refractivity contribution in [3.05, 3.63) is 0 Å². The monoisotopic (exact) mass is 167 g/mol. The smallest absolute Gasteiger partial charge is 0.0101 e. The quantitative estimate of drug-likeness (QED) is 0.536. The minimum absolute atomic E-state index is 0.860. The van der Waals surface area contributed by atoms with E-state index in [0.29, 0.717) is 0 Å². The molecule has 1 heteroatoms. The molecule has 70 valence electrons. The Labute approximate surface area is 76.1 Å². The number of rotatable bonds is 0. The van der Waals surface area contributed by atoms with Crippen LogP contribution in [0.1, 0.15) is 46.0 Å². The third-order valence-electron chi connectivity index (χ3n) is 3.66. The van der Waals surface area contributed by atoms with Crippen LogP contribution in [0.2, 0.25) is 0 Å². The Bertz CT molecular complexity index is 155. The van der Waals surface area contributed by atoms with E-state index in [1.54, 1.807) is 0 Å². The zero-order valence-electron chi connectivity index (χ0n) is 8.42. The highest BCUT2D eigenvalue weighted by Crippen LogP contribution is 2.32. The predicted molar refractivity (Wildman–Crippen MR) is 52.2 cm³/mol. The van der Waals surface area contributed by atoms with Crippen LogP contribution in [-0.2, 0) is 0 Å². The second kappa shape index (κ2) is 3.37. The maximum absolute atomic E-state index is 2.75. The lowest BCUT2D eigenvalue weighted by Gasteiger charge is -2.46. The van der Waals surface area contributed by atoms with E-state index in [1.165, 1.54) is 38.6 Å². The maximum atomic E-state index is 2.75. The lowest BCUT2D eigenvalue weighted by molar-refractivity contribution is 0.0382. The van der Waals surface area contributed by atoms with Gasteiger partial charge in [0.2, 0.25) is 0 Å². The summed E-state index contributed by atoms with van der Waals surface area (Å²) in [6.45, 7) is 6.20. The molecule has 12 heavy (non-hydrogen) atoms. The van der Waals surface area contributed by atoms with Gasteiger partial charge in [0.05, 0.1) is 0 Å². The third kappa shape index (κ3) is 1.52. The van der Waals surface area contributed by atoms with Gasteiger partial charge in [0.1, 0.15) is 0 Å². The molecule has 0 aromatic rings. The van der Waals surface area contributed by atoms with Crippen LogP contribution in [0.25, 0.3) is 0 Å². The summed E-state index contributed by atoms with van der Waals surface area (Å²) >= 11 is 0. The van der Waals surface area contributed by atoms with Crippen LogP contribution in [0.3, 0.4) is 0 Å². The Morgan fingerprint density at radius 1 is 1.08 bits per heavy atom. The highest BCUT2D eigenvalue weighted by molar-refractivity contribution is 4.87. The van der Waals surface area contributed by atoms with Gasteiger partial charge in [-0.05, 0) is 45.1 Å². The van der Waals surface area contributed by atoms with Crippen LogP contribution in [-0.4, -0.2) is 23.5 Å². The fourth-order valence-electron chi connectivity index (χ4n) is 3.13. The van der Waals surface area contributed by atoms with Crippen molar-refractivity contribution >= 4 is 0 Å². The van der Waals surface area contributed by atoms with E-state index in [4.69, 9.17) is 0 Å². The van der Waals surface area contributed by atoms with Crippen molar-refractivity contribution in [3.8, 4) is 0 Å². The normalized spacial score (nSPS) is 44.0. The van der Waals surface area contributed by atoms with Gasteiger partial charge in [0.15, 0.2) is 0 Å². The first-order valence-electron chi connectivity index (χ1n) is 5.53. The van der Waals surface area contributed by atoms with E-state index < -0.39 is 0 Å². The van der Waals surface area contributed by atoms with E-state index in [0.717, 1.165) is 18.0 Å². The molecule has 2 aliphatic heterocycles. The Hall–Kier alpha value is -0.0400. The Morgan fingerprint density at radius 3 is 2.75 bits per heavy atom. The predicted octanol–water partition coefficient (Wildman–Crippen LogP) is 2.66. The maximum Gasteiger partial charge on any atom is 0.0101 e. The molecule has 0 aromatic carbocycles. The lowest BCUT2D eigenvalue weighted by Crippen LogP contribution is -2.49. The molecule has 3 atom stereocenters. The van der Waals surface area contributed by atoms with E-state index in [9.17, 15) is 0 Å². The van der Waals surface area contributed by atoms with Gasteiger partial charge >= 0.3 is 0 Å². The minimum atomic E-state index is 0.860.